The van der Waals surface area contributed by atoms with E-state index in [0.29, 0.717) is 50.1 Å². The number of carboxylic acids is 3. The predicted octanol–water partition coefficient (Wildman–Crippen LogP) is 12.0. The number of ether oxygens (including phenoxy) is 3. The molecule has 13 nitrogen and oxygen atoms in total. The number of aryl methyl sites for hydroxylation is 3. The van der Waals surface area contributed by atoms with Gasteiger partial charge in [-0.1, -0.05) is 101 Å². The summed E-state index contributed by atoms with van der Waals surface area (Å²) in [7, 11) is 0. The van der Waals surface area contributed by atoms with Crippen molar-refractivity contribution < 1.29 is 43.9 Å². The van der Waals surface area contributed by atoms with Gasteiger partial charge < -0.3 is 29.5 Å². The van der Waals surface area contributed by atoms with Gasteiger partial charge in [0.15, 0.2) is 19.8 Å². The number of aromatic nitrogens is 2. The monoisotopic (exact) mass is 1050 g/mol. The van der Waals surface area contributed by atoms with Crippen LogP contribution in [-0.4, -0.2) is 68.8 Å². The van der Waals surface area contributed by atoms with E-state index < -0.39 is 37.7 Å². The number of carboxylic acid groups (broad SMARTS) is 3. The molecule has 0 radical (unpaired) electrons. The van der Waals surface area contributed by atoms with E-state index in [2.05, 4.69) is 77.5 Å². The molecule has 0 unspecified atom stereocenters. The molecule has 386 valence electrons. The normalized spacial score (nSPS) is 9.27. The number of pyridine rings is 2. The number of thioether (sulfide) groups is 1. The van der Waals surface area contributed by atoms with Crippen LogP contribution in [0.5, 0.6) is 17.2 Å². The van der Waals surface area contributed by atoms with Gasteiger partial charge in [0, 0.05) is 51.4 Å². The molecule has 0 aliphatic heterocycles. The summed E-state index contributed by atoms with van der Waals surface area (Å²) in [5.74, 6) is 17.0. The number of aliphatic carboxylic acids is 3. The van der Waals surface area contributed by atoms with Crippen molar-refractivity contribution >= 4 is 41.3 Å². The first-order chi connectivity index (χ1) is 36.2. The molecule has 6 aromatic rings. The summed E-state index contributed by atoms with van der Waals surface area (Å²) in [6.45, 7) is 14.8. The van der Waals surface area contributed by atoms with Crippen LogP contribution in [0, 0.1) is 72.0 Å². The molecule has 3 N–H and O–H groups in total. The quantitative estimate of drug-likeness (QED) is 0.0684. The summed E-state index contributed by atoms with van der Waals surface area (Å²) in [6.07, 6.45) is 9.84. The van der Waals surface area contributed by atoms with Crippen LogP contribution in [0.4, 0.5) is 0 Å². The van der Waals surface area contributed by atoms with Crippen LogP contribution in [0.2, 0.25) is 5.02 Å². The zero-order chi connectivity index (χ0) is 55.5. The third-order valence-corrected chi connectivity index (χ3v) is 10.8. The standard InChI is InChI=1S/C21H19NO3S.C18H16ClNO3.C17H12N2O3.2C2H6/c1-3-10-26-19-8-4-15(2)17(12-19)6-7-18-11-16(13-22)5-9-20(18)25-14-21(23)24;1-2-3-13-8-9-20-11-15(13)5-4-14-10-16(19)6-7-17(14)23-12-18(21)22;1-12-6-7-19-10-15(12)4-3-14-8-13(9-18)2-5-16(14)22-11-17(20)21;2*1-2/h4-5,8-9,11-12H,3,10,14H2,1-2H3,(H,23,24);6-11H,2-3,12H2,1H3,(H,21,22);2,5-8,10H,11H2,1H3,(H,20,21);2*1-2H3. The summed E-state index contributed by atoms with van der Waals surface area (Å²) >= 11 is 7.78. The molecule has 0 amide bonds. The highest BCUT2D eigenvalue weighted by Gasteiger charge is 2.09. The van der Waals surface area contributed by atoms with Gasteiger partial charge in [-0.2, -0.15) is 10.5 Å². The molecule has 0 spiro atoms. The maximum Gasteiger partial charge on any atom is 0.341 e. The summed E-state index contributed by atoms with van der Waals surface area (Å²) in [5, 5.41) is 44.8. The topological polar surface area (TPSA) is 213 Å². The van der Waals surface area contributed by atoms with E-state index >= 15 is 0 Å². The number of benzene rings is 4. The molecule has 4 aromatic carbocycles. The zero-order valence-electron chi connectivity index (χ0n) is 43.2. The Balaban J connectivity index is 0.000000373. The first kappa shape index (κ1) is 62.4. The lowest BCUT2D eigenvalue weighted by Crippen LogP contribution is -2.10. The fourth-order valence-corrected chi connectivity index (χ4v) is 6.84. The van der Waals surface area contributed by atoms with Crippen molar-refractivity contribution in [1.29, 1.82) is 10.5 Å². The first-order valence-corrected chi connectivity index (χ1v) is 25.1. The van der Waals surface area contributed by atoms with Crippen LogP contribution in [0.1, 0.15) is 116 Å². The van der Waals surface area contributed by atoms with E-state index in [1.54, 1.807) is 91.1 Å². The Kier molecular flexibility index (Phi) is 29.5. The lowest BCUT2D eigenvalue weighted by Gasteiger charge is -2.06. The Bertz CT molecular complexity index is 3150. The Hall–Kier alpha value is -8.71. The average Bonchev–Trinajstić information content (AvgIpc) is 3.42. The molecule has 0 atom stereocenters. The van der Waals surface area contributed by atoms with Crippen LogP contribution in [0.15, 0.2) is 115 Å². The van der Waals surface area contributed by atoms with E-state index in [-0.39, 0.29) is 0 Å². The van der Waals surface area contributed by atoms with Gasteiger partial charge in [0.2, 0.25) is 0 Å². The van der Waals surface area contributed by atoms with Crippen LogP contribution in [0.25, 0.3) is 0 Å². The van der Waals surface area contributed by atoms with E-state index in [1.807, 2.05) is 65.8 Å². The Morgan fingerprint density at radius 2 is 0.987 bits per heavy atom. The number of nitriles is 2. The largest absolute Gasteiger partial charge is 0.481 e. The molecule has 0 saturated heterocycles. The number of hydrogen-bond donors (Lipinski definition) is 3. The number of nitrogens with zero attached hydrogens (tertiary/aromatic N) is 4. The second-order valence-electron chi connectivity index (χ2n) is 14.9. The third kappa shape index (κ3) is 23.1. The molecule has 0 bridgehead atoms. The van der Waals surface area contributed by atoms with Crippen molar-refractivity contribution in [2.45, 2.75) is 79.5 Å². The Morgan fingerprint density at radius 1 is 0.547 bits per heavy atom. The van der Waals surface area contributed by atoms with Crippen molar-refractivity contribution in [2.75, 3.05) is 25.6 Å². The zero-order valence-corrected chi connectivity index (χ0v) is 44.8. The average molecular weight is 1050 g/mol. The summed E-state index contributed by atoms with van der Waals surface area (Å²) in [6, 6.07) is 28.4. The van der Waals surface area contributed by atoms with E-state index in [4.69, 9.17) is 51.7 Å². The molecule has 0 aliphatic carbocycles. The maximum atomic E-state index is 10.7. The molecule has 0 saturated carbocycles. The summed E-state index contributed by atoms with van der Waals surface area (Å²) in [4.78, 5) is 41.3. The lowest BCUT2D eigenvalue weighted by molar-refractivity contribution is -0.140. The van der Waals surface area contributed by atoms with Gasteiger partial charge in [0.25, 0.3) is 0 Å². The number of hydrogen-bond acceptors (Lipinski definition) is 11. The second-order valence-corrected chi connectivity index (χ2v) is 16.5. The van der Waals surface area contributed by atoms with Crippen molar-refractivity contribution in [1.82, 2.24) is 9.97 Å². The van der Waals surface area contributed by atoms with Gasteiger partial charge in [0.05, 0.1) is 40.0 Å². The van der Waals surface area contributed by atoms with Crippen LogP contribution in [-0.2, 0) is 20.8 Å². The lowest BCUT2D eigenvalue weighted by atomic mass is 10.1. The van der Waals surface area contributed by atoms with Gasteiger partial charge in [-0.15, -0.1) is 11.8 Å². The SMILES string of the molecule is CC.CC.CCCSc1ccc(C)c(C#Cc2cc(C#N)ccc2OCC(=O)O)c1.CCCc1ccncc1C#Cc1cc(Cl)ccc1OCC(=O)O.Cc1ccncc1C#Cc1cc(C#N)ccc1OCC(=O)O. The third-order valence-electron chi connectivity index (χ3n) is 9.36. The highest BCUT2D eigenvalue weighted by molar-refractivity contribution is 7.99. The highest BCUT2D eigenvalue weighted by Crippen LogP contribution is 2.25. The molecule has 75 heavy (non-hydrogen) atoms. The molecular weight excluding hydrogens is 988 g/mol. The maximum absolute atomic E-state index is 10.7. The number of halogens is 1. The van der Waals surface area contributed by atoms with Gasteiger partial charge in [-0.3, -0.25) is 9.97 Å². The van der Waals surface area contributed by atoms with Crippen molar-refractivity contribution in [3.8, 4) is 64.9 Å². The Morgan fingerprint density at radius 3 is 1.47 bits per heavy atom. The van der Waals surface area contributed by atoms with E-state index in [9.17, 15) is 14.4 Å². The molecule has 0 fully saturated rings. The first-order valence-electron chi connectivity index (χ1n) is 23.8. The highest BCUT2D eigenvalue weighted by atomic mass is 35.5. The van der Waals surface area contributed by atoms with Crippen LogP contribution in [0.3, 0.4) is 0 Å². The molecule has 6 rings (SSSR count). The van der Waals surface area contributed by atoms with Gasteiger partial charge in [0.1, 0.15) is 17.2 Å². The Labute approximate surface area is 449 Å². The smallest absolute Gasteiger partial charge is 0.341 e. The second kappa shape index (κ2) is 35.4. The van der Waals surface area contributed by atoms with Crippen LogP contribution >= 0.6 is 23.4 Å². The summed E-state index contributed by atoms with van der Waals surface area (Å²) in [5.41, 5.74) is 8.05. The number of carbonyl (C=O) groups is 3. The van der Waals surface area contributed by atoms with Gasteiger partial charge in [-0.25, -0.2) is 14.4 Å². The molecule has 2 heterocycles. The molecular formula is C60H59ClN4O9S. The molecule has 15 heteroatoms. The van der Waals surface area contributed by atoms with Crippen molar-refractivity contribution in [3.05, 3.63) is 176 Å². The summed E-state index contributed by atoms with van der Waals surface area (Å²) < 4.78 is 15.7. The fourth-order valence-electron chi connectivity index (χ4n) is 5.86. The van der Waals surface area contributed by atoms with Crippen molar-refractivity contribution in [2.24, 2.45) is 0 Å². The van der Waals surface area contributed by atoms with Crippen molar-refractivity contribution in [3.63, 3.8) is 0 Å². The number of rotatable bonds is 14. The van der Waals surface area contributed by atoms with Gasteiger partial charge in [-0.05, 0) is 128 Å². The van der Waals surface area contributed by atoms with E-state index in [1.165, 1.54) is 0 Å². The minimum Gasteiger partial charge on any atom is -0.481 e. The van der Waals surface area contributed by atoms with E-state index in [0.717, 1.165) is 63.3 Å². The minimum absolute atomic E-state index is 0.329. The predicted molar refractivity (Wildman–Crippen MR) is 293 cm³/mol. The molecule has 2 aromatic heterocycles. The minimum atomic E-state index is -1.08. The fraction of sp³-hybridized carbons (Fsp3) is 0.250. The molecule has 0 aliphatic rings. The van der Waals surface area contributed by atoms with Crippen LogP contribution < -0.4 is 14.2 Å². The van der Waals surface area contributed by atoms with Gasteiger partial charge >= 0.3 is 17.9 Å².